The first-order valence-corrected chi connectivity index (χ1v) is 41.6. The molecular weight excluding hydrogens is 1030 g/mol. The van der Waals surface area contributed by atoms with Gasteiger partial charge in [-0.1, -0.05) is 312 Å². The molecule has 0 aliphatic heterocycles. The van der Waals surface area contributed by atoms with Crippen LogP contribution in [-0.4, -0.2) is 74.4 Å². The minimum absolute atomic E-state index is 0.0982. The number of nitrogens with zero attached hydrogens (tertiary/aromatic N) is 4. The summed E-state index contributed by atoms with van der Waals surface area (Å²) in [7, 11) is -9.36. The lowest BCUT2D eigenvalue weighted by atomic mass is 10.2. The van der Waals surface area contributed by atoms with E-state index in [9.17, 15) is 0 Å². The van der Waals surface area contributed by atoms with Crippen LogP contribution in [0.2, 0.25) is 62.7 Å². The lowest BCUT2D eigenvalue weighted by Gasteiger charge is -2.43. The van der Waals surface area contributed by atoms with Gasteiger partial charge >= 0.3 is 0 Å². The summed E-state index contributed by atoms with van der Waals surface area (Å²) in [5.41, 5.74) is 6.66. The lowest BCUT2D eigenvalue weighted by Crippen LogP contribution is -2.57. The molecule has 6 aromatic carbocycles. The fraction of sp³-hybridized carbons (Fsp3) is 0.344. The van der Waals surface area contributed by atoms with Crippen molar-refractivity contribution in [3.05, 3.63) is 156 Å². The summed E-state index contributed by atoms with van der Waals surface area (Å²) in [6, 6.07) is 53.0. The SMILES string of the molecule is C[P@@](c1nc2c([Si](C)(C)c3ccccc3)ccc([Si](C)(C)c3ccccc3)c2nc1P(C(C)(C)C)C(C)(C)C)C(C)(C)C.C[Si](C)(c1ccccc1)c1ccc([Si](C)(C)c2ccccc2)c2nc(Cl)c(Cl)nc12. The molecule has 73 heavy (non-hydrogen) atoms. The minimum Gasteiger partial charge on any atom is -0.244 e. The Morgan fingerprint density at radius 3 is 0.795 bits per heavy atom. The van der Waals surface area contributed by atoms with Crippen LogP contribution in [0.3, 0.4) is 0 Å². The molecule has 2 aromatic heterocycles. The molecule has 8 aromatic rings. The van der Waals surface area contributed by atoms with Crippen molar-refractivity contribution in [2.24, 2.45) is 0 Å². The van der Waals surface area contributed by atoms with Gasteiger partial charge in [0.2, 0.25) is 0 Å². The molecule has 8 rings (SSSR count). The van der Waals surface area contributed by atoms with Gasteiger partial charge in [0, 0.05) is 0 Å². The lowest BCUT2D eigenvalue weighted by molar-refractivity contribution is 0.714. The molecule has 0 aliphatic rings. The van der Waals surface area contributed by atoms with Crippen molar-refractivity contribution < 1.29 is 0 Å². The molecule has 0 bridgehead atoms. The number of aromatic nitrogens is 4. The van der Waals surface area contributed by atoms with Crippen LogP contribution in [0.25, 0.3) is 22.1 Å². The molecule has 0 amide bonds. The Labute approximate surface area is 455 Å². The van der Waals surface area contributed by atoms with Crippen molar-refractivity contribution in [3.63, 3.8) is 0 Å². The molecule has 0 unspecified atom stereocenters. The summed E-state index contributed by atoms with van der Waals surface area (Å²) < 4.78 is 0. The molecule has 0 radical (unpaired) electrons. The normalized spacial score (nSPS) is 13.5. The van der Waals surface area contributed by atoms with Crippen LogP contribution in [0.5, 0.6) is 0 Å². The molecule has 4 nitrogen and oxygen atoms in total. The first-order valence-electron chi connectivity index (χ1n) is 25.7. The van der Waals surface area contributed by atoms with E-state index in [0.29, 0.717) is 0 Å². The maximum Gasteiger partial charge on any atom is 0.167 e. The van der Waals surface area contributed by atoms with Crippen LogP contribution < -0.4 is 52.4 Å². The zero-order chi connectivity index (χ0) is 53.7. The maximum absolute atomic E-state index is 6.36. The van der Waals surface area contributed by atoms with E-state index >= 15 is 0 Å². The van der Waals surface area contributed by atoms with Crippen molar-refractivity contribution in [3.8, 4) is 0 Å². The highest BCUT2D eigenvalue weighted by Crippen LogP contribution is 2.59. The standard InChI is InChI=1S/C37H54N2P2Si2.C24H24Cl2N2Si2/c1-35(2,3)40(10)33-34(41(36(4,5)6)37(7,8)9)39-32-30(43(13,14)28-23-19-16-20-24-28)26-25-29(31(32)38-33)42(11,12)27-21-17-15-18-22-27;1-29(2,17-11-7-5-8-12-17)19-15-16-20(22-21(19)27-23(25)24(26)28-22)30(3,4)18-13-9-6-10-14-18/h15-26H,1-14H3;5-16H,1-4H3/t40-;/m0./s1. The number of rotatable bonds is 10. The van der Waals surface area contributed by atoms with E-state index in [1.165, 1.54) is 52.4 Å². The maximum atomic E-state index is 6.36. The van der Waals surface area contributed by atoms with Crippen LogP contribution in [0.15, 0.2) is 146 Å². The second-order valence-electron chi connectivity index (χ2n) is 24.8. The van der Waals surface area contributed by atoms with Gasteiger partial charge in [-0.15, -0.1) is 0 Å². The number of benzene rings is 6. The Balaban J connectivity index is 0.000000227. The van der Waals surface area contributed by atoms with E-state index < -0.39 is 48.1 Å². The topological polar surface area (TPSA) is 51.6 Å². The number of halogens is 2. The third-order valence-electron chi connectivity index (χ3n) is 15.1. The second kappa shape index (κ2) is 21.4. The third-order valence-corrected chi connectivity index (χ3v) is 36.4. The number of fused-ring (bicyclic) bond motifs is 2. The van der Waals surface area contributed by atoms with Gasteiger partial charge in [0.05, 0.1) is 32.9 Å². The fourth-order valence-corrected chi connectivity index (χ4v) is 27.0. The van der Waals surface area contributed by atoms with Gasteiger partial charge in [0.15, 0.2) is 10.3 Å². The molecule has 12 heteroatoms. The summed E-state index contributed by atoms with van der Waals surface area (Å²) in [5, 5.41) is 11.7. The van der Waals surface area contributed by atoms with E-state index in [1.807, 2.05) is 0 Å². The predicted molar refractivity (Wildman–Crippen MR) is 340 cm³/mol. The van der Waals surface area contributed by atoms with Crippen LogP contribution >= 0.6 is 39.0 Å². The highest BCUT2D eigenvalue weighted by molar-refractivity contribution is 7.73. The van der Waals surface area contributed by atoms with Gasteiger partial charge in [0.25, 0.3) is 0 Å². The van der Waals surface area contributed by atoms with Crippen LogP contribution in [0.1, 0.15) is 62.3 Å². The van der Waals surface area contributed by atoms with Gasteiger partial charge in [-0.05, 0) is 50.8 Å². The van der Waals surface area contributed by atoms with Gasteiger partial charge in [-0.2, -0.15) is 0 Å². The first kappa shape index (κ1) is 57.0. The Bertz CT molecular complexity index is 3120. The predicted octanol–water partition coefficient (Wildman–Crippen LogP) is 12.1. The number of hydrogen-bond acceptors (Lipinski definition) is 4. The van der Waals surface area contributed by atoms with Gasteiger partial charge in [-0.25, -0.2) is 19.9 Å². The smallest absolute Gasteiger partial charge is 0.167 e. The zero-order valence-electron chi connectivity index (χ0n) is 46.8. The molecule has 0 fully saturated rings. The van der Waals surface area contributed by atoms with Crippen molar-refractivity contribution in [2.75, 3.05) is 6.66 Å². The zero-order valence-corrected chi connectivity index (χ0v) is 54.1. The van der Waals surface area contributed by atoms with E-state index in [0.717, 1.165) is 22.1 Å². The molecule has 0 aliphatic carbocycles. The number of hydrogen-bond donors (Lipinski definition) is 0. The fourth-order valence-electron chi connectivity index (χ4n) is 10.6. The Hall–Kier alpha value is -3.69. The Morgan fingerprint density at radius 2 is 0.562 bits per heavy atom. The highest BCUT2D eigenvalue weighted by atomic mass is 35.5. The second-order valence-corrected chi connectivity index (χ2v) is 49.6. The quantitative estimate of drug-likeness (QED) is 0.101. The van der Waals surface area contributed by atoms with Crippen LogP contribution in [0.4, 0.5) is 0 Å². The van der Waals surface area contributed by atoms with Crippen molar-refractivity contribution in [1.29, 1.82) is 0 Å². The van der Waals surface area contributed by atoms with Gasteiger partial charge in [0.1, 0.15) is 32.3 Å². The molecule has 382 valence electrons. The molecular formula is C61H78Cl2N4P2Si4. The van der Waals surface area contributed by atoms with Crippen molar-refractivity contribution >= 4 is 146 Å². The van der Waals surface area contributed by atoms with Gasteiger partial charge < -0.3 is 0 Å². The Morgan fingerprint density at radius 1 is 0.329 bits per heavy atom. The molecule has 2 heterocycles. The van der Waals surface area contributed by atoms with Gasteiger partial charge in [-0.3, -0.25) is 0 Å². The van der Waals surface area contributed by atoms with E-state index in [4.69, 9.17) is 43.1 Å². The monoisotopic (exact) mass is 1110 g/mol. The van der Waals surface area contributed by atoms with E-state index in [1.54, 1.807) is 0 Å². The first-order chi connectivity index (χ1) is 33.9. The summed E-state index contributed by atoms with van der Waals surface area (Å²) >= 11 is 12.7. The summed E-state index contributed by atoms with van der Waals surface area (Å²) in [6.45, 7) is 43.4. The molecule has 0 spiro atoms. The molecule has 0 N–H and O–H groups in total. The molecule has 0 saturated heterocycles. The molecule has 1 atom stereocenters. The van der Waals surface area contributed by atoms with Crippen LogP contribution in [-0.2, 0) is 0 Å². The summed E-state index contributed by atoms with van der Waals surface area (Å²) in [5.74, 6) is 0. The van der Waals surface area contributed by atoms with Crippen LogP contribution in [0, 0.1) is 0 Å². The largest absolute Gasteiger partial charge is 0.244 e. The van der Waals surface area contributed by atoms with E-state index in [2.05, 4.69) is 267 Å². The average Bonchev–Trinajstić information content (AvgIpc) is 3.33. The molecule has 0 saturated carbocycles. The third kappa shape index (κ3) is 11.7. The summed E-state index contributed by atoms with van der Waals surface area (Å²) in [4.78, 5) is 21.4. The summed E-state index contributed by atoms with van der Waals surface area (Å²) in [6.07, 6.45) is 0. The minimum atomic E-state index is -2.09. The average molecular weight is 1110 g/mol. The van der Waals surface area contributed by atoms with E-state index in [-0.39, 0.29) is 25.8 Å². The Kier molecular flexibility index (Phi) is 16.7. The highest BCUT2D eigenvalue weighted by Gasteiger charge is 2.43. The van der Waals surface area contributed by atoms with Crippen molar-refractivity contribution in [1.82, 2.24) is 19.9 Å². The van der Waals surface area contributed by atoms with Crippen molar-refractivity contribution in [2.45, 2.75) is 130 Å².